The number of halogens is 2. The highest BCUT2D eigenvalue weighted by Gasteiger charge is 2.11. The van der Waals surface area contributed by atoms with Gasteiger partial charge < -0.3 is 15.8 Å². The summed E-state index contributed by atoms with van der Waals surface area (Å²) in [5.74, 6) is 0.113. The normalized spacial score (nSPS) is 10.0. The topological polar surface area (TPSA) is 71.1 Å². The summed E-state index contributed by atoms with van der Waals surface area (Å²) in [4.78, 5) is 0. The number of anilines is 2. The quantitative estimate of drug-likeness (QED) is 0.826. The third-order valence-electron chi connectivity index (χ3n) is 2.98. The fraction of sp³-hybridized carbons (Fsp3) is 0.133. The summed E-state index contributed by atoms with van der Waals surface area (Å²) >= 11 is 3.07. The van der Waals surface area contributed by atoms with Gasteiger partial charge in [-0.15, -0.1) is 0 Å². The lowest BCUT2D eigenvalue weighted by atomic mass is 10.1. The molecule has 0 fully saturated rings. The molecule has 0 bridgehead atoms. The molecule has 21 heavy (non-hydrogen) atoms. The summed E-state index contributed by atoms with van der Waals surface area (Å²) in [6, 6.07) is 10.4. The second kappa shape index (κ2) is 6.46. The van der Waals surface area contributed by atoms with Gasteiger partial charge in [0.25, 0.3) is 0 Å². The van der Waals surface area contributed by atoms with Crippen LogP contribution in [0.25, 0.3) is 0 Å². The molecule has 108 valence electrons. The molecule has 6 heteroatoms. The van der Waals surface area contributed by atoms with Gasteiger partial charge in [-0.2, -0.15) is 5.26 Å². The number of ether oxygens (including phenoxy) is 1. The zero-order chi connectivity index (χ0) is 15.4. The van der Waals surface area contributed by atoms with E-state index in [2.05, 4.69) is 21.2 Å². The second-order valence-electron chi connectivity index (χ2n) is 4.33. The maximum absolute atomic E-state index is 14.0. The zero-order valence-corrected chi connectivity index (χ0v) is 12.9. The van der Waals surface area contributed by atoms with E-state index in [-0.39, 0.29) is 10.0 Å². The number of nitrogens with one attached hydrogen (secondary N) is 1. The largest absolute Gasteiger partial charge is 0.495 e. The van der Waals surface area contributed by atoms with Crippen LogP contribution in [0.3, 0.4) is 0 Å². The summed E-state index contributed by atoms with van der Waals surface area (Å²) < 4.78 is 19.3. The first kappa shape index (κ1) is 15.1. The van der Waals surface area contributed by atoms with Gasteiger partial charge in [0.2, 0.25) is 0 Å². The number of nitrogens with two attached hydrogens (primary N) is 1. The Morgan fingerprint density at radius 1 is 1.38 bits per heavy atom. The fourth-order valence-electron chi connectivity index (χ4n) is 1.86. The first-order valence-corrected chi connectivity index (χ1v) is 6.90. The maximum Gasteiger partial charge on any atom is 0.161 e. The van der Waals surface area contributed by atoms with Crippen molar-refractivity contribution in [2.75, 3.05) is 18.2 Å². The number of methoxy groups -OCH3 is 1. The van der Waals surface area contributed by atoms with Crippen LogP contribution in [-0.4, -0.2) is 7.11 Å². The highest BCUT2D eigenvalue weighted by Crippen LogP contribution is 2.27. The Morgan fingerprint density at radius 2 is 2.14 bits per heavy atom. The Hall–Kier alpha value is -2.26. The Kier molecular flexibility index (Phi) is 4.66. The summed E-state index contributed by atoms with van der Waals surface area (Å²) in [5.41, 5.74) is 7.82. The van der Waals surface area contributed by atoms with Gasteiger partial charge in [-0.25, -0.2) is 4.39 Å². The maximum atomic E-state index is 14.0. The van der Waals surface area contributed by atoms with Crippen molar-refractivity contribution in [1.29, 1.82) is 5.26 Å². The number of rotatable bonds is 4. The van der Waals surface area contributed by atoms with Crippen molar-refractivity contribution >= 4 is 27.3 Å². The standard InChI is InChI=1S/C15H13BrFN3O/c1-21-13-5-2-9(6-11(13)19)8-20-12-4-3-10(7-18)14(16)15(12)17/h2-6,20H,8,19H2,1H3. The number of nitrogens with zero attached hydrogens (tertiary/aromatic N) is 1. The molecule has 2 rings (SSSR count). The van der Waals surface area contributed by atoms with E-state index in [1.165, 1.54) is 6.07 Å². The van der Waals surface area contributed by atoms with Crippen LogP contribution in [0.15, 0.2) is 34.8 Å². The minimum Gasteiger partial charge on any atom is -0.495 e. The highest BCUT2D eigenvalue weighted by molar-refractivity contribution is 9.10. The predicted molar refractivity (Wildman–Crippen MR) is 83.5 cm³/mol. The number of hydrogen-bond acceptors (Lipinski definition) is 4. The third kappa shape index (κ3) is 3.26. The lowest BCUT2D eigenvalue weighted by Crippen LogP contribution is -2.03. The van der Waals surface area contributed by atoms with E-state index in [0.717, 1.165) is 5.56 Å². The second-order valence-corrected chi connectivity index (χ2v) is 5.12. The molecule has 0 aromatic heterocycles. The van der Waals surface area contributed by atoms with Gasteiger partial charge in [0.15, 0.2) is 5.82 Å². The molecule has 0 unspecified atom stereocenters. The predicted octanol–water partition coefficient (Wildman–Crippen LogP) is 3.66. The molecule has 4 nitrogen and oxygen atoms in total. The highest BCUT2D eigenvalue weighted by atomic mass is 79.9. The third-order valence-corrected chi connectivity index (χ3v) is 3.76. The number of nitrogen functional groups attached to an aromatic ring is 1. The smallest absolute Gasteiger partial charge is 0.161 e. The zero-order valence-electron chi connectivity index (χ0n) is 11.3. The summed E-state index contributed by atoms with van der Waals surface area (Å²) in [6.07, 6.45) is 0. The van der Waals surface area contributed by atoms with Crippen molar-refractivity contribution in [2.45, 2.75) is 6.54 Å². The van der Waals surface area contributed by atoms with Gasteiger partial charge in [-0.3, -0.25) is 0 Å². The minimum absolute atomic E-state index is 0.157. The van der Waals surface area contributed by atoms with Crippen LogP contribution in [0.1, 0.15) is 11.1 Å². The fourth-order valence-corrected chi connectivity index (χ4v) is 2.30. The van der Waals surface area contributed by atoms with Gasteiger partial charge >= 0.3 is 0 Å². The molecule has 0 aliphatic heterocycles. The van der Waals surface area contributed by atoms with Crippen molar-refractivity contribution < 1.29 is 9.13 Å². The molecule has 0 amide bonds. The molecule has 2 aromatic rings. The molecule has 0 saturated carbocycles. The Labute approximate surface area is 130 Å². The molecular formula is C15H13BrFN3O. The first-order valence-electron chi connectivity index (χ1n) is 6.11. The number of benzene rings is 2. The van der Waals surface area contributed by atoms with Crippen LogP contribution in [0, 0.1) is 17.1 Å². The van der Waals surface area contributed by atoms with E-state index in [9.17, 15) is 4.39 Å². The van der Waals surface area contributed by atoms with Crippen molar-refractivity contribution in [3.63, 3.8) is 0 Å². The monoisotopic (exact) mass is 349 g/mol. The molecule has 0 atom stereocenters. The molecule has 0 saturated heterocycles. The summed E-state index contributed by atoms with van der Waals surface area (Å²) in [7, 11) is 1.55. The van der Waals surface area contributed by atoms with Gasteiger partial charge in [-0.05, 0) is 45.8 Å². The molecular weight excluding hydrogens is 337 g/mol. The summed E-state index contributed by atoms with van der Waals surface area (Å²) in [6.45, 7) is 0.406. The average molecular weight is 350 g/mol. The van der Waals surface area contributed by atoms with Crippen LogP contribution >= 0.6 is 15.9 Å². The lowest BCUT2D eigenvalue weighted by molar-refractivity contribution is 0.417. The Bertz CT molecular complexity index is 713. The van der Waals surface area contributed by atoms with E-state index < -0.39 is 5.82 Å². The number of hydrogen-bond donors (Lipinski definition) is 2. The number of nitriles is 1. The van der Waals surface area contributed by atoms with Gasteiger partial charge in [0, 0.05) is 6.54 Å². The van der Waals surface area contributed by atoms with E-state index in [1.807, 2.05) is 12.1 Å². The van der Waals surface area contributed by atoms with Gasteiger partial charge in [0.1, 0.15) is 11.8 Å². The molecule has 0 spiro atoms. The molecule has 3 N–H and O–H groups in total. The van der Waals surface area contributed by atoms with Crippen LogP contribution in [-0.2, 0) is 6.54 Å². The first-order chi connectivity index (χ1) is 10.1. The van der Waals surface area contributed by atoms with Crippen LogP contribution in [0.2, 0.25) is 0 Å². The lowest BCUT2D eigenvalue weighted by Gasteiger charge is -2.11. The molecule has 0 aliphatic rings. The SMILES string of the molecule is COc1ccc(CNc2ccc(C#N)c(Br)c2F)cc1N. The van der Waals surface area contributed by atoms with E-state index in [4.69, 9.17) is 15.7 Å². The van der Waals surface area contributed by atoms with E-state index in [1.54, 1.807) is 25.3 Å². The molecule has 0 heterocycles. The Morgan fingerprint density at radius 3 is 2.76 bits per heavy atom. The van der Waals surface area contributed by atoms with E-state index in [0.29, 0.717) is 23.7 Å². The van der Waals surface area contributed by atoms with Crippen molar-refractivity contribution in [3.8, 4) is 11.8 Å². The van der Waals surface area contributed by atoms with Gasteiger partial charge in [-0.1, -0.05) is 6.07 Å². The Balaban J connectivity index is 2.15. The van der Waals surface area contributed by atoms with Crippen LogP contribution in [0.5, 0.6) is 5.75 Å². The van der Waals surface area contributed by atoms with E-state index >= 15 is 0 Å². The van der Waals surface area contributed by atoms with Gasteiger partial charge in [0.05, 0.1) is 28.5 Å². The molecule has 0 radical (unpaired) electrons. The average Bonchev–Trinajstić information content (AvgIpc) is 2.49. The van der Waals surface area contributed by atoms with Crippen molar-refractivity contribution in [2.24, 2.45) is 0 Å². The molecule has 0 aliphatic carbocycles. The van der Waals surface area contributed by atoms with Crippen molar-refractivity contribution in [1.82, 2.24) is 0 Å². The summed E-state index contributed by atoms with van der Waals surface area (Å²) in [5, 5.41) is 11.8. The van der Waals surface area contributed by atoms with Crippen LogP contribution < -0.4 is 15.8 Å². The minimum atomic E-state index is -0.490. The van der Waals surface area contributed by atoms with Crippen LogP contribution in [0.4, 0.5) is 15.8 Å². The van der Waals surface area contributed by atoms with Crippen molar-refractivity contribution in [3.05, 3.63) is 51.7 Å². The molecule has 2 aromatic carbocycles.